The van der Waals surface area contributed by atoms with Crippen LogP contribution in [0.2, 0.25) is 0 Å². The SMILES string of the molecule is CCCC[N]C(=O)C(C)C. The molecule has 0 atom stereocenters. The smallest absolute Gasteiger partial charge is 0.243 e. The van der Waals surface area contributed by atoms with Gasteiger partial charge in [-0.1, -0.05) is 27.2 Å². The van der Waals surface area contributed by atoms with E-state index >= 15 is 0 Å². The van der Waals surface area contributed by atoms with Crippen LogP contribution in [0.1, 0.15) is 33.6 Å². The molecule has 0 N–H and O–H groups in total. The standard InChI is InChI=1S/C8H16NO/c1-4-5-6-9-8(10)7(2)3/h7H,4-6H2,1-3H3. The van der Waals surface area contributed by atoms with Crippen molar-refractivity contribution in [3.63, 3.8) is 0 Å². The van der Waals surface area contributed by atoms with Gasteiger partial charge in [0.25, 0.3) is 0 Å². The van der Waals surface area contributed by atoms with Crippen LogP contribution >= 0.6 is 0 Å². The first-order valence-electron chi connectivity index (χ1n) is 3.89. The van der Waals surface area contributed by atoms with E-state index in [1.807, 2.05) is 13.8 Å². The van der Waals surface area contributed by atoms with E-state index in [9.17, 15) is 4.79 Å². The lowest BCUT2D eigenvalue weighted by molar-refractivity contribution is -0.124. The maximum Gasteiger partial charge on any atom is 0.243 e. The third-order valence-corrected chi connectivity index (χ3v) is 1.27. The first kappa shape index (κ1) is 9.47. The molecule has 0 unspecified atom stereocenters. The van der Waals surface area contributed by atoms with E-state index in [0.717, 1.165) is 12.8 Å². The number of unbranched alkanes of at least 4 members (excludes halogenated alkanes) is 1. The topological polar surface area (TPSA) is 31.2 Å². The van der Waals surface area contributed by atoms with Crippen LogP contribution in [0.25, 0.3) is 0 Å². The van der Waals surface area contributed by atoms with E-state index in [-0.39, 0.29) is 11.8 Å². The number of nitrogens with zero attached hydrogens (tertiary/aromatic N) is 1. The molecule has 0 saturated carbocycles. The van der Waals surface area contributed by atoms with Crippen LogP contribution in [0.5, 0.6) is 0 Å². The van der Waals surface area contributed by atoms with Gasteiger partial charge in [0.15, 0.2) is 0 Å². The van der Waals surface area contributed by atoms with Crippen LogP contribution in [-0.2, 0) is 4.79 Å². The summed E-state index contributed by atoms with van der Waals surface area (Å²) in [5.74, 6) is 0.102. The van der Waals surface area contributed by atoms with Crippen molar-refractivity contribution >= 4 is 5.91 Å². The Hall–Kier alpha value is -0.530. The molecule has 2 nitrogen and oxygen atoms in total. The summed E-state index contributed by atoms with van der Waals surface area (Å²) in [5.41, 5.74) is 0. The lowest BCUT2D eigenvalue weighted by atomic mass is 10.2. The second-order valence-electron chi connectivity index (χ2n) is 2.73. The highest BCUT2D eigenvalue weighted by atomic mass is 16.1. The third-order valence-electron chi connectivity index (χ3n) is 1.27. The molecule has 10 heavy (non-hydrogen) atoms. The van der Waals surface area contributed by atoms with Gasteiger partial charge in [-0.05, 0) is 6.42 Å². The van der Waals surface area contributed by atoms with Crippen molar-refractivity contribution in [1.29, 1.82) is 0 Å². The highest BCUT2D eigenvalue weighted by Gasteiger charge is 2.05. The summed E-state index contributed by atoms with van der Waals surface area (Å²) in [5, 5.41) is 3.87. The fraction of sp³-hybridized carbons (Fsp3) is 0.875. The monoisotopic (exact) mass is 142 g/mol. The zero-order valence-electron chi connectivity index (χ0n) is 7.05. The Kier molecular flexibility index (Phi) is 4.99. The largest absolute Gasteiger partial charge is 0.273 e. The fourth-order valence-corrected chi connectivity index (χ4v) is 0.530. The molecular weight excluding hydrogens is 126 g/mol. The Labute approximate surface area is 63.0 Å². The molecule has 59 valence electrons. The summed E-state index contributed by atoms with van der Waals surface area (Å²) in [6, 6.07) is 0. The predicted octanol–water partition coefficient (Wildman–Crippen LogP) is 1.57. The average molecular weight is 142 g/mol. The molecule has 0 heterocycles. The lowest BCUT2D eigenvalue weighted by Crippen LogP contribution is -2.21. The number of hydrogen-bond acceptors (Lipinski definition) is 1. The van der Waals surface area contributed by atoms with E-state index in [0.29, 0.717) is 6.54 Å². The van der Waals surface area contributed by atoms with Gasteiger partial charge in [0.2, 0.25) is 5.91 Å². The zero-order valence-corrected chi connectivity index (χ0v) is 7.05. The number of hydrogen-bond donors (Lipinski definition) is 0. The van der Waals surface area contributed by atoms with E-state index in [1.54, 1.807) is 0 Å². The van der Waals surface area contributed by atoms with Crippen molar-refractivity contribution < 1.29 is 4.79 Å². The minimum atomic E-state index is 0.0356. The van der Waals surface area contributed by atoms with Crippen LogP contribution < -0.4 is 5.32 Å². The molecule has 0 aliphatic rings. The van der Waals surface area contributed by atoms with Crippen molar-refractivity contribution in [3.05, 3.63) is 0 Å². The van der Waals surface area contributed by atoms with Gasteiger partial charge in [-0.25, -0.2) is 0 Å². The van der Waals surface area contributed by atoms with Gasteiger partial charge in [-0.15, -0.1) is 0 Å². The highest BCUT2D eigenvalue weighted by Crippen LogP contribution is 1.92. The lowest BCUT2D eigenvalue weighted by Gasteiger charge is -2.02. The van der Waals surface area contributed by atoms with Crippen molar-refractivity contribution in [2.24, 2.45) is 5.92 Å². The molecule has 0 saturated heterocycles. The Balaban J connectivity index is 3.22. The maximum atomic E-state index is 10.9. The Morgan fingerprint density at radius 1 is 1.50 bits per heavy atom. The molecule has 0 aromatic rings. The van der Waals surface area contributed by atoms with E-state index in [1.165, 1.54) is 0 Å². The molecule has 1 amide bonds. The summed E-state index contributed by atoms with van der Waals surface area (Å²) in [7, 11) is 0. The molecule has 0 aromatic carbocycles. The Morgan fingerprint density at radius 2 is 2.10 bits per heavy atom. The fourth-order valence-electron chi connectivity index (χ4n) is 0.530. The van der Waals surface area contributed by atoms with Crippen LogP contribution in [0.4, 0.5) is 0 Å². The van der Waals surface area contributed by atoms with Gasteiger partial charge in [0, 0.05) is 12.5 Å². The average Bonchev–Trinajstić information content (AvgIpc) is 1.88. The third kappa shape index (κ3) is 4.36. The van der Waals surface area contributed by atoms with Gasteiger partial charge < -0.3 is 0 Å². The van der Waals surface area contributed by atoms with Gasteiger partial charge in [-0.2, -0.15) is 0 Å². The number of rotatable bonds is 4. The van der Waals surface area contributed by atoms with E-state index < -0.39 is 0 Å². The van der Waals surface area contributed by atoms with Crippen LogP contribution in [-0.4, -0.2) is 12.5 Å². The van der Waals surface area contributed by atoms with Crippen molar-refractivity contribution in [2.45, 2.75) is 33.6 Å². The molecule has 0 rings (SSSR count). The minimum Gasteiger partial charge on any atom is -0.273 e. The summed E-state index contributed by atoms with van der Waals surface area (Å²) in [4.78, 5) is 10.9. The minimum absolute atomic E-state index is 0.0356. The van der Waals surface area contributed by atoms with Crippen molar-refractivity contribution in [1.82, 2.24) is 5.32 Å². The summed E-state index contributed by atoms with van der Waals surface area (Å²) in [6.45, 7) is 6.54. The van der Waals surface area contributed by atoms with Crippen molar-refractivity contribution in [3.8, 4) is 0 Å². The quantitative estimate of drug-likeness (QED) is 0.548. The summed E-state index contributed by atoms with van der Waals surface area (Å²) in [6.07, 6.45) is 2.13. The number of amides is 1. The Bertz CT molecular complexity index is 99.4. The van der Waals surface area contributed by atoms with E-state index in [2.05, 4.69) is 12.2 Å². The molecule has 0 spiro atoms. The number of carbonyl (C=O) groups is 1. The van der Waals surface area contributed by atoms with Gasteiger partial charge >= 0.3 is 0 Å². The number of carbonyl (C=O) groups excluding carboxylic acids is 1. The van der Waals surface area contributed by atoms with Crippen LogP contribution in [0.3, 0.4) is 0 Å². The molecular formula is C8H16NO. The van der Waals surface area contributed by atoms with Crippen LogP contribution in [0, 0.1) is 5.92 Å². The molecule has 0 aromatic heterocycles. The highest BCUT2D eigenvalue weighted by molar-refractivity contribution is 5.77. The first-order valence-corrected chi connectivity index (χ1v) is 3.89. The van der Waals surface area contributed by atoms with Gasteiger partial charge in [0.1, 0.15) is 0 Å². The van der Waals surface area contributed by atoms with Gasteiger partial charge in [0.05, 0.1) is 0 Å². The molecule has 1 radical (unpaired) electrons. The Morgan fingerprint density at radius 3 is 2.50 bits per heavy atom. The molecule has 0 fully saturated rings. The zero-order chi connectivity index (χ0) is 7.98. The summed E-state index contributed by atoms with van der Waals surface area (Å²) < 4.78 is 0. The van der Waals surface area contributed by atoms with Crippen LogP contribution in [0.15, 0.2) is 0 Å². The molecule has 0 bridgehead atoms. The second kappa shape index (κ2) is 5.27. The van der Waals surface area contributed by atoms with E-state index in [4.69, 9.17) is 0 Å². The molecule has 2 heteroatoms. The normalized spacial score (nSPS) is 10.0. The van der Waals surface area contributed by atoms with Crippen molar-refractivity contribution in [2.75, 3.05) is 6.54 Å². The van der Waals surface area contributed by atoms with Gasteiger partial charge in [-0.3, -0.25) is 10.1 Å². The molecule has 0 aliphatic carbocycles. The predicted molar refractivity (Wildman–Crippen MR) is 41.8 cm³/mol. The first-order chi connectivity index (χ1) is 4.68. The molecule has 0 aliphatic heterocycles. The second-order valence-corrected chi connectivity index (χ2v) is 2.73. The maximum absolute atomic E-state index is 10.9. The summed E-state index contributed by atoms with van der Waals surface area (Å²) >= 11 is 0.